The number of hydrogen-bond acceptors (Lipinski definition) is 6. The molecule has 7 heteroatoms. The minimum Gasteiger partial charge on any atom is -0.490 e. The summed E-state index contributed by atoms with van der Waals surface area (Å²) in [5.41, 5.74) is 3.15. The zero-order valence-electron chi connectivity index (χ0n) is 17.4. The number of anilines is 2. The molecule has 160 valence electrons. The fourth-order valence-electron chi connectivity index (χ4n) is 3.79. The number of fused-ring (bicyclic) bond motifs is 1. The van der Waals surface area contributed by atoms with Gasteiger partial charge in [0.25, 0.3) is 0 Å². The average Bonchev–Trinajstić information content (AvgIpc) is 2.99. The van der Waals surface area contributed by atoms with Gasteiger partial charge in [-0.15, -0.1) is 0 Å². The van der Waals surface area contributed by atoms with E-state index in [-0.39, 0.29) is 5.91 Å². The fourth-order valence-corrected chi connectivity index (χ4v) is 3.79. The molecule has 0 atom stereocenters. The highest BCUT2D eigenvalue weighted by atomic mass is 16.5. The summed E-state index contributed by atoms with van der Waals surface area (Å²) in [6.07, 6.45) is 0.854. The second-order valence-corrected chi connectivity index (χ2v) is 7.66. The number of carbonyl (C=O) groups is 1. The number of benzene rings is 2. The van der Waals surface area contributed by atoms with Crippen molar-refractivity contribution >= 4 is 17.3 Å². The maximum absolute atomic E-state index is 12.6. The molecule has 2 aliphatic rings. The predicted molar refractivity (Wildman–Crippen MR) is 116 cm³/mol. The molecule has 0 aromatic heterocycles. The number of amides is 1. The SMILES string of the molecule is CN(CC(=O)Nc1ccc2c(c1)OCCCO2)Cc1ccccc1N1CCOCC1. The van der Waals surface area contributed by atoms with E-state index in [4.69, 9.17) is 14.2 Å². The molecule has 0 radical (unpaired) electrons. The number of likely N-dealkylation sites (N-methyl/N-ethyl adjacent to an activating group) is 1. The molecule has 0 saturated carbocycles. The van der Waals surface area contributed by atoms with Gasteiger partial charge in [0.15, 0.2) is 11.5 Å². The number of nitrogens with zero attached hydrogens (tertiary/aromatic N) is 2. The first-order chi connectivity index (χ1) is 14.7. The Kier molecular flexibility index (Phi) is 6.71. The van der Waals surface area contributed by atoms with Crippen molar-refractivity contribution in [2.45, 2.75) is 13.0 Å². The maximum Gasteiger partial charge on any atom is 0.238 e. The number of para-hydroxylation sites is 1. The molecule has 30 heavy (non-hydrogen) atoms. The number of morpholine rings is 1. The molecule has 0 spiro atoms. The normalized spacial score (nSPS) is 16.3. The highest BCUT2D eigenvalue weighted by Crippen LogP contribution is 2.32. The van der Waals surface area contributed by atoms with E-state index >= 15 is 0 Å². The minimum absolute atomic E-state index is 0.0594. The van der Waals surface area contributed by atoms with Crippen LogP contribution in [0, 0.1) is 0 Å². The third-order valence-corrected chi connectivity index (χ3v) is 5.23. The van der Waals surface area contributed by atoms with E-state index < -0.39 is 0 Å². The van der Waals surface area contributed by atoms with Gasteiger partial charge in [-0.1, -0.05) is 18.2 Å². The van der Waals surface area contributed by atoms with Crippen LogP contribution >= 0.6 is 0 Å². The van der Waals surface area contributed by atoms with Crippen LogP contribution in [0.4, 0.5) is 11.4 Å². The Labute approximate surface area is 177 Å². The van der Waals surface area contributed by atoms with Gasteiger partial charge in [-0.2, -0.15) is 0 Å². The van der Waals surface area contributed by atoms with E-state index in [1.165, 1.54) is 11.3 Å². The summed E-state index contributed by atoms with van der Waals surface area (Å²) in [7, 11) is 1.96. The van der Waals surface area contributed by atoms with Crippen molar-refractivity contribution < 1.29 is 19.0 Å². The van der Waals surface area contributed by atoms with E-state index in [9.17, 15) is 4.79 Å². The Balaban J connectivity index is 1.35. The summed E-state index contributed by atoms with van der Waals surface area (Å²) in [5, 5.41) is 2.96. The van der Waals surface area contributed by atoms with Crippen molar-refractivity contribution in [3.63, 3.8) is 0 Å². The van der Waals surface area contributed by atoms with Crippen molar-refractivity contribution in [2.24, 2.45) is 0 Å². The molecule has 0 bridgehead atoms. The number of carbonyl (C=O) groups excluding carboxylic acids is 1. The lowest BCUT2D eigenvalue weighted by molar-refractivity contribution is -0.117. The summed E-state index contributed by atoms with van der Waals surface area (Å²) in [4.78, 5) is 17.0. The predicted octanol–water partition coefficient (Wildman–Crippen LogP) is 2.76. The minimum atomic E-state index is -0.0594. The lowest BCUT2D eigenvalue weighted by atomic mass is 10.1. The zero-order chi connectivity index (χ0) is 20.8. The molecule has 1 amide bonds. The largest absolute Gasteiger partial charge is 0.490 e. The first-order valence-corrected chi connectivity index (χ1v) is 10.5. The molecule has 0 unspecified atom stereocenters. The van der Waals surface area contributed by atoms with Crippen molar-refractivity contribution in [1.82, 2.24) is 4.90 Å². The Morgan fingerprint density at radius 2 is 1.80 bits per heavy atom. The third-order valence-electron chi connectivity index (χ3n) is 5.23. The van der Waals surface area contributed by atoms with Crippen LogP contribution in [0.5, 0.6) is 11.5 Å². The van der Waals surface area contributed by atoms with Crippen molar-refractivity contribution in [2.75, 3.05) is 63.3 Å². The molecule has 1 saturated heterocycles. The third kappa shape index (κ3) is 5.23. The van der Waals surface area contributed by atoms with Crippen LogP contribution in [0.2, 0.25) is 0 Å². The topological polar surface area (TPSA) is 63.3 Å². The summed E-state index contributed by atoms with van der Waals surface area (Å²) in [6, 6.07) is 13.9. The summed E-state index contributed by atoms with van der Waals surface area (Å²) < 4.78 is 16.8. The Bertz CT molecular complexity index is 867. The smallest absolute Gasteiger partial charge is 0.238 e. The van der Waals surface area contributed by atoms with Gasteiger partial charge in [0.2, 0.25) is 5.91 Å². The van der Waals surface area contributed by atoms with E-state index in [1.54, 1.807) is 0 Å². The Hall–Kier alpha value is -2.77. The van der Waals surface area contributed by atoms with E-state index in [0.717, 1.165) is 38.5 Å². The zero-order valence-corrected chi connectivity index (χ0v) is 17.4. The lowest BCUT2D eigenvalue weighted by Gasteiger charge is -2.31. The van der Waals surface area contributed by atoms with Gasteiger partial charge >= 0.3 is 0 Å². The van der Waals surface area contributed by atoms with Crippen LogP contribution in [0.15, 0.2) is 42.5 Å². The molecule has 0 aliphatic carbocycles. The maximum atomic E-state index is 12.6. The first-order valence-electron chi connectivity index (χ1n) is 10.5. The van der Waals surface area contributed by atoms with Gasteiger partial charge in [0.1, 0.15) is 0 Å². The van der Waals surface area contributed by atoms with E-state index in [2.05, 4.69) is 28.4 Å². The molecule has 2 aromatic carbocycles. The van der Waals surface area contributed by atoms with Gasteiger partial charge in [-0.3, -0.25) is 9.69 Å². The quantitative estimate of drug-likeness (QED) is 0.789. The molecule has 7 nitrogen and oxygen atoms in total. The molecule has 1 fully saturated rings. The highest BCUT2D eigenvalue weighted by molar-refractivity contribution is 5.92. The van der Waals surface area contributed by atoms with Crippen LogP contribution in [0.1, 0.15) is 12.0 Å². The molecule has 4 rings (SSSR count). The molecular weight excluding hydrogens is 382 g/mol. The highest BCUT2D eigenvalue weighted by Gasteiger charge is 2.17. The monoisotopic (exact) mass is 411 g/mol. The molecule has 2 aromatic rings. The lowest BCUT2D eigenvalue weighted by Crippen LogP contribution is -2.37. The summed E-state index contributed by atoms with van der Waals surface area (Å²) in [5.74, 6) is 1.34. The van der Waals surface area contributed by atoms with Gasteiger partial charge < -0.3 is 24.4 Å². The van der Waals surface area contributed by atoms with E-state index in [1.807, 2.05) is 36.2 Å². The van der Waals surface area contributed by atoms with Gasteiger partial charge in [-0.25, -0.2) is 0 Å². The fraction of sp³-hybridized carbons (Fsp3) is 0.435. The molecule has 2 heterocycles. The van der Waals surface area contributed by atoms with Crippen LogP contribution in [0.25, 0.3) is 0 Å². The van der Waals surface area contributed by atoms with Gasteiger partial charge in [0, 0.05) is 43.5 Å². The summed E-state index contributed by atoms with van der Waals surface area (Å²) in [6.45, 7) is 5.56. The molecular formula is C23H29N3O4. The number of nitrogens with one attached hydrogen (secondary N) is 1. The Morgan fingerprint density at radius 1 is 1.03 bits per heavy atom. The van der Waals surface area contributed by atoms with Crippen LogP contribution in [-0.2, 0) is 16.1 Å². The Morgan fingerprint density at radius 3 is 2.63 bits per heavy atom. The van der Waals surface area contributed by atoms with Gasteiger partial charge in [-0.05, 0) is 30.8 Å². The summed E-state index contributed by atoms with van der Waals surface area (Å²) >= 11 is 0. The first kappa shape index (κ1) is 20.5. The second kappa shape index (κ2) is 9.82. The number of ether oxygens (including phenoxy) is 3. The second-order valence-electron chi connectivity index (χ2n) is 7.66. The van der Waals surface area contributed by atoms with Crippen molar-refractivity contribution in [3.05, 3.63) is 48.0 Å². The number of hydrogen-bond donors (Lipinski definition) is 1. The standard InChI is InChI=1S/C23H29N3O4/c1-25(16-18-5-2-3-6-20(18)26-9-13-28-14-10-26)17-23(27)24-19-7-8-21-22(15-19)30-12-4-11-29-21/h2-3,5-8,15H,4,9-14,16-17H2,1H3,(H,24,27). The van der Waals surface area contributed by atoms with Crippen LogP contribution in [0.3, 0.4) is 0 Å². The van der Waals surface area contributed by atoms with Crippen LogP contribution in [-0.4, -0.2) is 63.9 Å². The average molecular weight is 412 g/mol. The van der Waals surface area contributed by atoms with Crippen molar-refractivity contribution in [3.8, 4) is 11.5 Å². The number of rotatable bonds is 6. The van der Waals surface area contributed by atoms with E-state index in [0.29, 0.717) is 37.7 Å². The molecule has 1 N–H and O–H groups in total. The van der Waals surface area contributed by atoms with Crippen molar-refractivity contribution in [1.29, 1.82) is 0 Å². The molecule has 2 aliphatic heterocycles. The van der Waals surface area contributed by atoms with Gasteiger partial charge in [0.05, 0.1) is 33.0 Å². The van der Waals surface area contributed by atoms with Crippen LogP contribution < -0.4 is 19.7 Å².